The molecule has 0 heterocycles. The summed E-state index contributed by atoms with van der Waals surface area (Å²) in [6.45, 7) is 8.79. The van der Waals surface area contributed by atoms with Gasteiger partial charge in [-0.2, -0.15) is 0 Å². The highest BCUT2D eigenvalue weighted by Gasteiger charge is 2.11. The Morgan fingerprint density at radius 1 is 1.12 bits per heavy atom. The molecule has 0 spiro atoms. The highest BCUT2D eigenvalue weighted by Crippen LogP contribution is 2.27. The first-order chi connectivity index (χ1) is 7.54. The van der Waals surface area contributed by atoms with Crippen LogP contribution >= 0.6 is 11.8 Å². The van der Waals surface area contributed by atoms with Gasteiger partial charge in [0.05, 0.1) is 0 Å². The lowest BCUT2D eigenvalue weighted by atomic mass is 10.0. The molecule has 90 valence electrons. The molecule has 0 saturated carbocycles. The third-order valence-corrected chi connectivity index (χ3v) is 4.21. The lowest BCUT2D eigenvalue weighted by Crippen LogP contribution is -2.29. The summed E-state index contributed by atoms with van der Waals surface area (Å²) in [6, 6.07) is 9.14. The lowest BCUT2D eigenvalue weighted by Gasteiger charge is -2.18. The first kappa shape index (κ1) is 13.6. The van der Waals surface area contributed by atoms with E-state index >= 15 is 0 Å². The van der Waals surface area contributed by atoms with Gasteiger partial charge in [0.2, 0.25) is 0 Å². The zero-order chi connectivity index (χ0) is 12.1. The summed E-state index contributed by atoms with van der Waals surface area (Å²) in [5.74, 6) is 0.606. The van der Waals surface area contributed by atoms with Crippen LogP contribution in [-0.2, 0) is 0 Å². The molecule has 0 aromatic heterocycles. The number of hydrogen-bond donors (Lipinski definition) is 1. The molecule has 0 aliphatic heterocycles. The van der Waals surface area contributed by atoms with E-state index in [9.17, 15) is 0 Å². The van der Waals surface area contributed by atoms with E-state index in [1.165, 1.54) is 10.5 Å². The Kier molecular flexibility index (Phi) is 5.36. The quantitative estimate of drug-likeness (QED) is 0.783. The smallest absolute Gasteiger partial charge is 0.0217 e. The van der Waals surface area contributed by atoms with Crippen LogP contribution in [0.1, 0.15) is 45.6 Å². The minimum atomic E-state index is 0.287. The van der Waals surface area contributed by atoms with Gasteiger partial charge in [-0.3, -0.25) is 0 Å². The molecule has 0 fully saturated rings. The number of benzene rings is 1. The van der Waals surface area contributed by atoms with Crippen molar-refractivity contribution in [1.29, 1.82) is 0 Å². The number of hydrogen-bond acceptors (Lipinski definition) is 2. The molecule has 2 N–H and O–H groups in total. The Balaban J connectivity index is 2.61. The maximum atomic E-state index is 6.02. The van der Waals surface area contributed by atoms with Crippen LogP contribution in [0.2, 0.25) is 0 Å². The fraction of sp³-hybridized carbons (Fsp3) is 0.571. The summed E-state index contributed by atoms with van der Waals surface area (Å²) < 4.78 is 0. The van der Waals surface area contributed by atoms with Gasteiger partial charge in [-0.25, -0.2) is 0 Å². The van der Waals surface area contributed by atoms with Gasteiger partial charge in [0, 0.05) is 16.2 Å². The van der Waals surface area contributed by atoms with Crippen LogP contribution in [-0.4, -0.2) is 11.3 Å². The number of thioether (sulfide) groups is 1. The third kappa shape index (κ3) is 3.84. The molecule has 2 unspecified atom stereocenters. The lowest BCUT2D eigenvalue weighted by molar-refractivity contribution is 0.642. The van der Waals surface area contributed by atoms with Crippen LogP contribution in [0.3, 0.4) is 0 Å². The van der Waals surface area contributed by atoms with Crippen LogP contribution in [0.15, 0.2) is 29.2 Å². The van der Waals surface area contributed by atoms with Crippen molar-refractivity contribution in [2.75, 3.05) is 0 Å². The fourth-order valence-corrected chi connectivity index (χ4v) is 2.66. The normalized spacial score (nSPS) is 15.1. The van der Waals surface area contributed by atoms with E-state index < -0.39 is 0 Å². The van der Waals surface area contributed by atoms with Crippen LogP contribution in [0.4, 0.5) is 0 Å². The van der Waals surface area contributed by atoms with Gasteiger partial charge in [0.25, 0.3) is 0 Å². The molecular formula is C14H23NS. The molecule has 0 bridgehead atoms. The zero-order valence-corrected chi connectivity index (χ0v) is 11.6. The van der Waals surface area contributed by atoms with Crippen molar-refractivity contribution in [3.63, 3.8) is 0 Å². The van der Waals surface area contributed by atoms with E-state index in [2.05, 4.69) is 52.0 Å². The van der Waals surface area contributed by atoms with Gasteiger partial charge in [-0.1, -0.05) is 39.8 Å². The molecule has 1 nitrogen and oxygen atoms in total. The van der Waals surface area contributed by atoms with Crippen molar-refractivity contribution in [3.05, 3.63) is 29.8 Å². The van der Waals surface area contributed by atoms with Crippen molar-refractivity contribution < 1.29 is 0 Å². The molecule has 1 rings (SSSR count). The summed E-state index contributed by atoms with van der Waals surface area (Å²) in [7, 11) is 0. The van der Waals surface area contributed by atoms with Crippen molar-refractivity contribution >= 4 is 11.8 Å². The molecule has 16 heavy (non-hydrogen) atoms. The van der Waals surface area contributed by atoms with E-state index in [0.29, 0.717) is 11.2 Å². The maximum absolute atomic E-state index is 6.02. The average Bonchev–Trinajstić information content (AvgIpc) is 2.28. The summed E-state index contributed by atoms with van der Waals surface area (Å²) in [6.07, 6.45) is 1.04. The van der Waals surface area contributed by atoms with Crippen molar-refractivity contribution in [1.82, 2.24) is 0 Å². The zero-order valence-electron chi connectivity index (χ0n) is 10.7. The number of nitrogens with two attached hydrogens (primary N) is 1. The van der Waals surface area contributed by atoms with E-state index in [1.807, 2.05) is 11.8 Å². The Morgan fingerprint density at radius 2 is 1.69 bits per heavy atom. The second-order valence-electron chi connectivity index (χ2n) is 4.62. The molecule has 0 amide bonds. The summed E-state index contributed by atoms with van der Waals surface area (Å²) in [4.78, 5) is 1.32. The fourth-order valence-electron chi connectivity index (χ4n) is 1.57. The first-order valence-corrected chi connectivity index (χ1v) is 6.94. The molecule has 0 radical (unpaired) electrons. The molecular weight excluding hydrogens is 214 g/mol. The van der Waals surface area contributed by atoms with Gasteiger partial charge < -0.3 is 5.73 Å². The van der Waals surface area contributed by atoms with E-state index in [4.69, 9.17) is 5.73 Å². The minimum absolute atomic E-state index is 0.287. The second-order valence-corrected chi connectivity index (χ2v) is 6.07. The Labute approximate surface area is 104 Å². The highest BCUT2D eigenvalue weighted by molar-refractivity contribution is 8.00. The van der Waals surface area contributed by atoms with Crippen LogP contribution in [0, 0.1) is 0 Å². The Morgan fingerprint density at radius 3 is 2.12 bits per heavy atom. The van der Waals surface area contributed by atoms with Crippen molar-refractivity contribution in [3.8, 4) is 0 Å². The van der Waals surface area contributed by atoms with E-state index in [0.717, 1.165) is 6.42 Å². The Hall–Kier alpha value is -0.470. The molecule has 0 aliphatic carbocycles. The van der Waals surface area contributed by atoms with E-state index in [-0.39, 0.29) is 6.04 Å². The molecule has 2 heteroatoms. The van der Waals surface area contributed by atoms with E-state index in [1.54, 1.807) is 0 Å². The topological polar surface area (TPSA) is 26.0 Å². The average molecular weight is 237 g/mol. The van der Waals surface area contributed by atoms with Crippen LogP contribution in [0.25, 0.3) is 0 Å². The standard InChI is InChI=1S/C14H23NS/c1-5-14(15)11(4)16-13-8-6-12(7-9-13)10(2)3/h6-11,14H,5,15H2,1-4H3. The van der Waals surface area contributed by atoms with Crippen molar-refractivity contribution in [2.45, 2.75) is 56.2 Å². The summed E-state index contributed by atoms with van der Waals surface area (Å²) >= 11 is 1.87. The van der Waals surface area contributed by atoms with Gasteiger partial charge in [0.1, 0.15) is 0 Å². The largest absolute Gasteiger partial charge is 0.327 e. The van der Waals surface area contributed by atoms with Gasteiger partial charge in [-0.15, -0.1) is 11.8 Å². The molecule has 0 aliphatic rings. The van der Waals surface area contributed by atoms with Crippen molar-refractivity contribution in [2.24, 2.45) is 5.73 Å². The van der Waals surface area contributed by atoms with Crippen LogP contribution < -0.4 is 5.73 Å². The summed E-state index contributed by atoms with van der Waals surface area (Å²) in [5, 5.41) is 0.481. The summed E-state index contributed by atoms with van der Waals surface area (Å²) in [5.41, 5.74) is 7.42. The predicted molar refractivity (Wildman–Crippen MR) is 74.1 cm³/mol. The first-order valence-electron chi connectivity index (χ1n) is 6.06. The minimum Gasteiger partial charge on any atom is -0.327 e. The van der Waals surface area contributed by atoms with Gasteiger partial charge >= 0.3 is 0 Å². The second kappa shape index (κ2) is 6.31. The molecule has 0 saturated heterocycles. The highest BCUT2D eigenvalue weighted by atomic mass is 32.2. The monoisotopic (exact) mass is 237 g/mol. The predicted octanol–water partition coefficient (Wildman–Crippen LogP) is 4.03. The Bertz CT molecular complexity index is 305. The van der Waals surface area contributed by atoms with Gasteiger partial charge in [-0.05, 0) is 30.0 Å². The van der Waals surface area contributed by atoms with Crippen LogP contribution in [0.5, 0.6) is 0 Å². The molecule has 1 aromatic carbocycles. The SMILES string of the molecule is CCC(N)C(C)Sc1ccc(C(C)C)cc1. The molecule has 2 atom stereocenters. The van der Waals surface area contributed by atoms with Gasteiger partial charge in [0.15, 0.2) is 0 Å². The third-order valence-electron chi connectivity index (χ3n) is 2.94. The number of rotatable bonds is 5. The maximum Gasteiger partial charge on any atom is 0.0217 e. The molecule has 1 aromatic rings.